The van der Waals surface area contributed by atoms with E-state index in [1.165, 1.54) is 0 Å². The van der Waals surface area contributed by atoms with Gasteiger partial charge in [0.05, 0.1) is 5.92 Å². The third-order valence-electron chi connectivity index (χ3n) is 3.01. The van der Waals surface area contributed by atoms with E-state index in [1.54, 1.807) is 0 Å². The number of carboxylic acid groups (broad SMARTS) is 1. The van der Waals surface area contributed by atoms with Crippen molar-refractivity contribution in [2.45, 2.75) is 40.5 Å². The Morgan fingerprint density at radius 2 is 1.95 bits per heavy atom. The topological polar surface area (TPSA) is 75.1 Å². The predicted octanol–water partition coefficient (Wildman–Crippen LogP) is 2.68. The molecule has 0 fully saturated rings. The number of nitrogens with zero attached hydrogens (tertiary/aromatic N) is 2. The summed E-state index contributed by atoms with van der Waals surface area (Å²) in [6.45, 7) is 10.2. The van der Waals surface area contributed by atoms with Crippen LogP contribution < -0.4 is 5.32 Å². The van der Waals surface area contributed by atoms with Crippen molar-refractivity contribution in [2.75, 3.05) is 11.9 Å². The van der Waals surface area contributed by atoms with Crippen LogP contribution in [0.4, 0.5) is 5.82 Å². The van der Waals surface area contributed by atoms with Crippen LogP contribution in [-0.4, -0.2) is 27.6 Å². The van der Waals surface area contributed by atoms with Gasteiger partial charge in [-0.2, -0.15) is 0 Å². The van der Waals surface area contributed by atoms with Gasteiger partial charge < -0.3 is 10.4 Å². The van der Waals surface area contributed by atoms with Crippen LogP contribution in [0.1, 0.15) is 45.1 Å². The molecule has 2 N–H and O–H groups in total. The van der Waals surface area contributed by atoms with Crippen molar-refractivity contribution in [3.63, 3.8) is 0 Å². The van der Waals surface area contributed by atoms with Gasteiger partial charge in [0, 0.05) is 24.2 Å². The molecule has 106 valence electrons. The van der Waals surface area contributed by atoms with Crippen LogP contribution in [0, 0.1) is 18.8 Å². The van der Waals surface area contributed by atoms with Crippen molar-refractivity contribution >= 4 is 11.8 Å². The highest BCUT2D eigenvalue weighted by Crippen LogP contribution is 2.16. The van der Waals surface area contributed by atoms with Crippen LogP contribution in [0.25, 0.3) is 0 Å². The Hall–Kier alpha value is -1.65. The fraction of sp³-hybridized carbons (Fsp3) is 0.643. The van der Waals surface area contributed by atoms with Gasteiger partial charge in [0.15, 0.2) is 0 Å². The smallest absolute Gasteiger partial charge is 0.308 e. The second-order valence-electron chi connectivity index (χ2n) is 5.48. The Balaban J connectivity index is 2.79. The van der Waals surface area contributed by atoms with Gasteiger partial charge in [-0.3, -0.25) is 4.79 Å². The predicted molar refractivity (Wildman–Crippen MR) is 75.3 cm³/mol. The molecule has 0 saturated heterocycles. The molecule has 1 rings (SSSR count). The second-order valence-corrected chi connectivity index (χ2v) is 5.48. The van der Waals surface area contributed by atoms with Gasteiger partial charge in [0.2, 0.25) is 0 Å². The summed E-state index contributed by atoms with van der Waals surface area (Å²) >= 11 is 0. The summed E-state index contributed by atoms with van der Waals surface area (Å²) in [6, 6.07) is 1.84. The lowest BCUT2D eigenvalue weighted by molar-refractivity contribution is -0.142. The minimum atomic E-state index is -0.780. The second kappa shape index (κ2) is 6.50. The molecule has 0 radical (unpaired) electrons. The Bertz CT molecular complexity index is 444. The van der Waals surface area contributed by atoms with E-state index in [9.17, 15) is 4.79 Å². The fourth-order valence-corrected chi connectivity index (χ4v) is 1.76. The highest BCUT2D eigenvalue weighted by Gasteiger charge is 2.21. The van der Waals surface area contributed by atoms with E-state index in [4.69, 9.17) is 5.11 Å². The molecule has 0 aliphatic heterocycles. The number of aromatic nitrogens is 2. The molecule has 1 heterocycles. The molecule has 5 heteroatoms. The summed E-state index contributed by atoms with van der Waals surface area (Å²) in [6.07, 6.45) is 0. The largest absolute Gasteiger partial charge is 0.481 e. The molecule has 1 unspecified atom stereocenters. The number of aryl methyl sites for hydroxylation is 1. The van der Waals surface area contributed by atoms with Crippen LogP contribution in [-0.2, 0) is 4.79 Å². The Labute approximate surface area is 114 Å². The van der Waals surface area contributed by atoms with Crippen LogP contribution in [0.15, 0.2) is 6.07 Å². The molecule has 5 nitrogen and oxygen atoms in total. The summed E-state index contributed by atoms with van der Waals surface area (Å²) in [5, 5.41) is 12.3. The number of hydrogen-bond donors (Lipinski definition) is 2. The van der Waals surface area contributed by atoms with Crippen LogP contribution in [0.2, 0.25) is 0 Å². The maximum Gasteiger partial charge on any atom is 0.308 e. The van der Waals surface area contributed by atoms with Gasteiger partial charge >= 0.3 is 5.97 Å². The van der Waals surface area contributed by atoms with Gasteiger partial charge in [-0.05, 0) is 12.8 Å². The molecule has 19 heavy (non-hydrogen) atoms. The van der Waals surface area contributed by atoms with Crippen molar-refractivity contribution in [2.24, 2.45) is 11.8 Å². The summed E-state index contributed by atoms with van der Waals surface area (Å²) in [4.78, 5) is 19.9. The van der Waals surface area contributed by atoms with Crippen molar-refractivity contribution in [1.29, 1.82) is 0 Å². The number of aliphatic carboxylic acids is 1. The van der Waals surface area contributed by atoms with E-state index in [-0.39, 0.29) is 11.8 Å². The number of rotatable bonds is 6. The maximum atomic E-state index is 11.1. The van der Waals surface area contributed by atoms with Gasteiger partial charge in [-0.1, -0.05) is 27.7 Å². The quantitative estimate of drug-likeness (QED) is 0.827. The average molecular weight is 265 g/mol. The Morgan fingerprint density at radius 1 is 1.32 bits per heavy atom. The van der Waals surface area contributed by atoms with Gasteiger partial charge in [-0.15, -0.1) is 0 Å². The number of nitrogens with one attached hydrogen (secondary N) is 1. The van der Waals surface area contributed by atoms with Crippen LogP contribution in [0.5, 0.6) is 0 Å². The van der Waals surface area contributed by atoms with E-state index >= 15 is 0 Å². The summed E-state index contributed by atoms with van der Waals surface area (Å²) < 4.78 is 0. The lowest BCUT2D eigenvalue weighted by atomic mass is 9.96. The lowest BCUT2D eigenvalue weighted by Gasteiger charge is -2.17. The van der Waals surface area contributed by atoms with E-state index in [0.717, 1.165) is 11.5 Å². The van der Waals surface area contributed by atoms with Crippen molar-refractivity contribution in [3.8, 4) is 0 Å². The zero-order chi connectivity index (χ0) is 14.6. The number of hydrogen-bond acceptors (Lipinski definition) is 4. The van der Waals surface area contributed by atoms with Crippen LogP contribution >= 0.6 is 0 Å². The van der Waals surface area contributed by atoms with E-state index < -0.39 is 11.9 Å². The molecule has 1 aromatic rings. The maximum absolute atomic E-state index is 11.1. The average Bonchev–Trinajstić information content (AvgIpc) is 2.27. The fourth-order valence-electron chi connectivity index (χ4n) is 1.76. The zero-order valence-corrected chi connectivity index (χ0v) is 12.3. The molecule has 0 amide bonds. The van der Waals surface area contributed by atoms with Crippen LogP contribution in [0.3, 0.4) is 0 Å². The third kappa shape index (κ3) is 4.50. The van der Waals surface area contributed by atoms with E-state index in [0.29, 0.717) is 12.4 Å². The van der Waals surface area contributed by atoms with Gasteiger partial charge in [0.1, 0.15) is 11.6 Å². The SMILES string of the molecule is Cc1cc(NCC(C(=O)O)C(C)C)nc(C(C)C)n1. The number of carboxylic acids is 1. The van der Waals surface area contributed by atoms with Crippen molar-refractivity contribution in [1.82, 2.24) is 9.97 Å². The molecular formula is C14H23N3O2. The summed E-state index contributed by atoms with van der Waals surface area (Å²) in [5.41, 5.74) is 0.887. The van der Waals surface area contributed by atoms with Gasteiger partial charge in [-0.25, -0.2) is 9.97 Å². The zero-order valence-electron chi connectivity index (χ0n) is 12.3. The molecular weight excluding hydrogens is 242 g/mol. The van der Waals surface area contributed by atoms with E-state index in [1.807, 2.05) is 40.7 Å². The molecule has 0 spiro atoms. The van der Waals surface area contributed by atoms with Gasteiger partial charge in [0.25, 0.3) is 0 Å². The molecule has 0 aromatic carbocycles. The first-order chi connectivity index (χ1) is 8.81. The lowest BCUT2D eigenvalue weighted by Crippen LogP contribution is -2.28. The minimum Gasteiger partial charge on any atom is -0.481 e. The third-order valence-corrected chi connectivity index (χ3v) is 3.01. The Kier molecular flexibility index (Phi) is 5.27. The summed E-state index contributed by atoms with van der Waals surface area (Å²) in [5.74, 6) is 0.607. The highest BCUT2D eigenvalue weighted by molar-refractivity contribution is 5.71. The first-order valence-corrected chi connectivity index (χ1v) is 6.63. The van der Waals surface area contributed by atoms with E-state index in [2.05, 4.69) is 15.3 Å². The normalized spacial score (nSPS) is 12.8. The monoisotopic (exact) mass is 265 g/mol. The first kappa shape index (κ1) is 15.4. The highest BCUT2D eigenvalue weighted by atomic mass is 16.4. The van der Waals surface area contributed by atoms with Crippen molar-refractivity contribution in [3.05, 3.63) is 17.6 Å². The number of carbonyl (C=O) groups is 1. The molecule has 0 saturated carbocycles. The summed E-state index contributed by atoms with van der Waals surface area (Å²) in [7, 11) is 0. The molecule has 0 aliphatic carbocycles. The Morgan fingerprint density at radius 3 is 2.42 bits per heavy atom. The molecule has 0 aliphatic rings. The number of anilines is 1. The first-order valence-electron chi connectivity index (χ1n) is 6.63. The molecule has 0 bridgehead atoms. The molecule has 1 aromatic heterocycles. The molecule has 1 atom stereocenters. The minimum absolute atomic E-state index is 0.0810. The van der Waals surface area contributed by atoms with Crippen molar-refractivity contribution < 1.29 is 9.90 Å². The standard InChI is InChI=1S/C14H23N3O2/c1-8(2)11(14(18)19)7-15-12-6-10(5)16-13(17-12)9(3)4/h6,8-9,11H,7H2,1-5H3,(H,18,19)(H,15,16,17).